The van der Waals surface area contributed by atoms with Crippen molar-refractivity contribution < 1.29 is 17.9 Å². The predicted octanol–water partition coefficient (Wildman–Crippen LogP) is -0.0345. The lowest BCUT2D eigenvalue weighted by atomic mass is 10.3. The van der Waals surface area contributed by atoms with E-state index in [2.05, 4.69) is 9.97 Å². The van der Waals surface area contributed by atoms with Gasteiger partial charge in [0, 0.05) is 32.2 Å². The first kappa shape index (κ1) is 15.8. The molecule has 2 rings (SSSR count). The third kappa shape index (κ3) is 3.53. The zero-order chi connectivity index (χ0) is 15.5. The molecular weight excluding hydrogens is 296 g/mol. The number of hydrogen-bond donors (Lipinski definition) is 0. The van der Waals surface area contributed by atoms with Crippen molar-refractivity contribution in [2.24, 2.45) is 0 Å². The Morgan fingerprint density at radius 3 is 2.33 bits per heavy atom. The molecule has 0 aromatic carbocycles. The Morgan fingerprint density at radius 1 is 1.14 bits per heavy atom. The minimum absolute atomic E-state index is 0.127. The van der Waals surface area contributed by atoms with Crippen LogP contribution in [0.5, 0.6) is 11.9 Å². The number of aromatic nitrogens is 2. The van der Waals surface area contributed by atoms with Gasteiger partial charge in [0.25, 0.3) is 0 Å². The fourth-order valence-electron chi connectivity index (χ4n) is 2.13. The summed E-state index contributed by atoms with van der Waals surface area (Å²) in [5, 5.41) is 0. The van der Waals surface area contributed by atoms with E-state index in [0.717, 1.165) is 0 Å². The van der Waals surface area contributed by atoms with Crippen molar-refractivity contribution in [3.05, 3.63) is 6.07 Å². The van der Waals surface area contributed by atoms with E-state index in [1.54, 1.807) is 13.0 Å². The molecule has 0 saturated carbocycles. The highest BCUT2D eigenvalue weighted by atomic mass is 32.2. The van der Waals surface area contributed by atoms with E-state index in [9.17, 15) is 8.42 Å². The van der Waals surface area contributed by atoms with Gasteiger partial charge in [-0.15, -0.1) is 0 Å². The molecule has 0 bridgehead atoms. The van der Waals surface area contributed by atoms with Crippen LogP contribution in [0.3, 0.4) is 0 Å². The smallest absolute Gasteiger partial charge is 0.321 e. The van der Waals surface area contributed by atoms with Crippen LogP contribution in [-0.2, 0) is 10.0 Å². The third-order valence-electron chi connectivity index (χ3n) is 3.38. The van der Waals surface area contributed by atoms with Crippen molar-refractivity contribution in [2.45, 2.75) is 6.92 Å². The summed E-state index contributed by atoms with van der Waals surface area (Å²) in [6.45, 7) is 3.70. The summed E-state index contributed by atoms with van der Waals surface area (Å²) in [7, 11) is -0.112. The molecule has 0 radical (unpaired) electrons. The molecule has 1 saturated heterocycles. The van der Waals surface area contributed by atoms with Crippen LogP contribution in [0.15, 0.2) is 6.07 Å². The van der Waals surface area contributed by atoms with E-state index >= 15 is 0 Å². The lowest BCUT2D eigenvalue weighted by molar-refractivity contribution is 0.349. The summed E-state index contributed by atoms with van der Waals surface area (Å²) in [6.07, 6.45) is 0. The van der Waals surface area contributed by atoms with Crippen molar-refractivity contribution >= 4 is 15.8 Å². The van der Waals surface area contributed by atoms with Gasteiger partial charge >= 0.3 is 6.01 Å². The first-order chi connectivity index (χ1) is 10.00. The van der Waals surface area contributed by atoms with Crippen molar-refractivity contribution in [3.8, 4) is 11.9 Å². The van der Waals surface area contributed by atoms with E-state index in [0.29, 0.717) is 37.9 Å². The zero-order valence-electron chi connectivity index (χ0n) is 12.4. The Morgan fingerprint density at radius 2 is 1.81 bits per heavy atom. The molecule has 0 aliphatic carbocycles. The van der Waals surface area contributed by atoms with Gasteiger partial charge in [0.05, 0.1) is 20.0 Å². The van der Waals surface area contributed by atoms with Gasteiger partial charge in [-0.25, -0.2) is 8.42 Å². The molecule has 1 aromatic heterocycles. The molecule has 8 nitrogen and oxygen atoms in total. The highest BCUT2D eigenvalue weighted by molar-refractivity contribution is 7.89. The largest absolute Gasteiger partial charge is 0.481 e. The number of ether oxygens (including phenoxy) is 2. The second-order valence-electron chi connectivity index (χ2n) is 4.54. The Balaban J connectivity index is 2.12. The highest BCUT2D eigenvalue weighted by Gasteiger charge is 2.26. The van der Waals surface area contributed by atoms with E-state index < -0.39 is 10.0 Å². The number of rotatable bonds is 5. The summed E-state index contributed by atoms with van der Waals surface area (Å²) >= 11 is 0. The first-order valence-corrected chi connectivity index (χ1v) is 8.31. The Labute approximate surface area is 124 Å². The summed E-state index contributed by atoms with van der Waals surface area (Å²) in [5.41, 5.74) is 0. The van der Waals surface area contributed by atoms with Gasteiger partial charge in [-0.3, -0.25) is 0 Å². The lowest BCUT2D eigenvalue weighted by Gasteiger charge is -2.34. The molecule has 21 heavy (non-hydrogen) atoms. The standard InChI is InChI=1S/C12H20N4O4S/c1-4-21(17,18)16-7-5-15(6-8-16)10-9-11(19-2)14-12(13-10)20-3/h9H,4-8H2,1-3H3. The minimum atomic E-state index is -3.13. The number of sulfonamides is 1. The maximum Gasteiger partial charge on any atom is 0.321 e. The van der Waals surface area contributed by atoms with Crippen LogP contribution in [0.4, 0.5) is 5.82 Å². The van der Waals surface area contributed by atoms with Crippen LogP contribution in [-0.4, -0.2) is 68.8 Å². The van der Waals surface area contributed by atoms with Gasteiger partial charge in [-0.1, -0.05) is 0 Å². The van der Waals surface area contributed by atoms with Crippen molar-refractivity contribution in [1.82, 2.24) is 14.3 Å². The molecule has 0 spiro atoms. The van der Waals surface area contributed by atoms with E-state index in [4.69, 9.17) is 9.47 Å². The second kappa shape index (κ2) is 6.44. The summed E-state index contributed by atoms with van der Waals surface area (Å²) in [6, 6.07) is 1.94. The predicted molar refractivity (Wildman–Crippen MR) is 78.4 cm³/mol. The lowest BCUT2D eigenvalue weighted by Crippen LogP contribution is -2.49. The average Bonchev–Trinajstić information content (AvgIpc) is 2.54. The Hall–Kier alpha value is -1.61. The first-order valence-electron chi connectivity index (χ1n) is 6.70. The van der Waals surface area contributed by atoms with Gasteiger partial charge in [0.15, 0.2) is 0 Å². The Bertz CT molecular complexity index is 563. The highest BCUT2D eigenvalue weighted by Crippen LogP contribution is 2.22. The normalized spacial score (nSPS) is 16.8. The zero-order valence-corrected chi connectivity index (χ0v) is 13.3. The molecule has 9 heteroatoms. The number of hydrogen-bond acceptors (Lipinski definition) is 7. The van der Waals surface area contributed by atoms with Crippen LogP contribution in [0.2, 0.25) is 0 Å². The maximum absolute atomic E-state index is 11.8. The average molecular weight is 316 g/mol. The molecule has 118 valence electrons. The maximum atomic E-state index is 11.8. The molecule has 2 heterocycles. The number of anilines is 1. The van der Waals surface area contributed by atoms with Gasteiger partial charge in [-0.05, 0) is 6.92 Å². The Kier molecular flexibility index (Phi) is 4.84. The number of nitrogens with zero attached hydrogens (tertiary/aromatic N) is 4. The van der Waals surface area contributed by atoms with Gasteiger partial charge in [-0.2, -0.15) is 14.3 Å². The third-order valence-corrected chi connectivity index (χ3v) is 5.26. The molecule has 1 aliphatic rings. The molecule has 0 N–H and O–H groups in total. The van der Waals surface area contributed by atoms with Crippen LogP contribution < -0.4 is 14.4 Å². The summed E-state index contributed by atoms with van der Waals surface area (Å²) in [5.74, 6) is 1.22. The molecular formula is C12H20N4O4S. The van der Waals surface area contributed by atoms with Crippen LogP contribution in [0, 0.1) is 0 Å². The molecule has 1 aromatic rings. The second-order valence-corrected chi connectivity index (χ2v) is 6.80. The van der Waals surface area contributed by atoms with Crippen LogP contribution >= 0.6 is 0 Å². The monoisotopic (exact) mass is 316 g/mol. The summed E-state index contributed by atoms with van der Waals surface area (Å²) in [4.78, 5) is 10.3. The summed E-state index contributed by atoms with van der Waals surface area (Å²) < 4.78 is 35.4. The van der Waals surface area contributed by atoms with Crippen LogP contribution in [0.1, 0.15) is 6.92 Å². The molecule has 0 amide bonds. The van der Waals surface area contributed by atoms with E-state index in [1.807, 2.05) is 4.90 Å². The molecule has 0 unspecified atom stereocenters. The minimum Gasteiger partial charge on any atom is -0.481 e. The van der Waals surface area contributed by atoms with Gasteiger partial charge < -0.3 is 14.4 Å². The van der Waals surface area contributed by atoms with Gasteiger partial charge in [0.2, 0.25) is 15.9 Å². The number of methoxy groups -OCH3 is 2. The molecule has 0 atom stereocenters. The van der Waals surface area contributed by atoms with Crippen LogP contribution in [0.25, 0.3) is 0 Å². The number of piperazine rings is 1. The van der Waals surface area contributed by atoms with Crippen molar-refractivity contribution in [1.29, 1.82) is 0 Å². The fraction of sp³-hybridized carbons (Fsp3) is 0.667. The molecule has 1 aliphatic heterocycles. The molecule has 1 fully saturated rings. The topological polar surface area (TPSA) is 84.9 Å². The SMILES string of the molecule is CCS(=O)(=O)N1CCN(c2cc(OC)nc(OC)n2)CC1. The van der Waals surface area contributed by atoms with Crippen molar-refractivity contribution in [3.63, 3.8) is 0 Å². The van der Waals surface area contributed by atoms with Crippen molar-refractivity contribution in [2.75, 3.05) is 51.1 Å². The fourth-order valence-corrected chi connectivity index (χ4v) is 3.21. The van der Waals surface area contributed by atoms with Gasteiger partial charge in [0.1, 0.15) is 5.82 Å². The quantitative estimate of drug-likeness (QED) is 0.754. The van der Waals surface area contributed by atoms with E-state index in [-0.39, 0.29) is 11.8 Å². The van der Waals surface area contributed by atoms with E-state index in [1.165, 1.54) is 18.5 Å².